The second kappa shape index (κ2) is 6.85. The number of hydrogen-bond donors (Lipinski definition) is 2. The van der Waals surface area contributed by atoms with E-state index >= 15 is 0 Å². The maximum atomic E-state index is 12.1. The molecule has 1 atom stereocenters. The normalized spacial score (nSPS) is 13.4. The molecule has 0 fully saturated rings. The summed E-state index contributed by atoms with van der Waals surface area (Å²) in [5.41, 5.74) is 0.576. The van der Waals surface area contributed by atoms with Crippen LogP contribution in [-0.4, -0.2) is 25.5 Å². The summed E-state index contributed by atoms with van der Waals surface area (Å²) in [6.07, 6.45) is 0.647. The standard InChI is InChI=1S/C14H21NO4S/c1-10(2)8-11(3)15-20(18,19)13-6-4-12(5-7-13)9-14(16)17/h4-7,10-11,15H,8-9H2,1-3H3,(H,16,17). The van der Waals surface area contributed by atoms with E-state index in [1.807, 2.05) is 20.8 Å². The molecule has 6 heteroatoms. The SMILES string of the molecule is CC(C)CC(C)NS(=O)(=O)c1ccc(CC(=O)O)cc1. The minimum absolute atomic E-state index is 0.114. The Balaban J connectivity index is 2.80. The number of carbonyl (C=O) groups is 1. The molecule has 0 aliphatic heterocycles. The molecule has 0 radical (unpaired) electrons. The Labute approximate surface area is 120 Å². The molecule has 0 saturated heterocycles. The van der Waals surface area contributed by atoms with Crippen molar-refractivity contribution in [2.45, 2.75) is 44.6 Å². The van der Waals surface area contributed by atoms with Crippen molar-refractivity contribution < 1.29 is 18.3 Å². The molecular formula is C14H21NO4S. The summed E-state index contributed by atoms with van der Waals surface area (Å²) in [5, 5.41) is 8.67. The van der Waals surface area contributed by atoms with E-state index in [1.54, 1.807) is 0 Å². The highest BCUT2D eigenvalue weighted by atomic mass is 32.2. The summed E-state index contributed by atoms with van der Waals surface area (Å²) in [6, 6.07) is 5.77. The third kappa shape index (κ3) is 5.30. The lowest BCUT2D eigenvalue weighted by molar-refractivity contribution is -0.136. The molecule has 0 bridgehead atoms. The molecule has 2 N–H and O–H groups in total. The number of carboxylic acid groups (broad SMARTS) is 1. The molecule has 0 saturated carbocycles. The molecule has 5 nitrogen and oxygen atoms in total. The van der Waals surface area contributed by atoms with E-state index in [2.05, 4.69) is 4.72 Å². The van der Waals surface area contributed by atoms with Crippen LogP contribution in [0.15, 0.2) is 29.2 Å². The van der Waals surface area contributed by atoms with Gasteiger partial charge in [0.15, 0.2) is 0 Å². The van der Waals surface area contributed by atoms with Gasteiger partial charge in [0.25, 0.3) is 0 Å². The maximum absolute atomic E-state index is 12.1. The van der Waals surface area contributed by atoms with Crippen molar-refractivity contribution in [3.8, 4) is 0 Å². The van der Waals surface area contributed by atoms with Crippen LogP contribution >= 0.6 is 0 Å². The smallest absolute Gasteiger partial charge is 0.307 e. The Morgan fingerprint density at radius 1 is 1.20 bits per heavy atom. The average molecular weight is 299 g/mol. The fourth-order valence-corrected chi connectivity index (χ4v) is 3.31. The van der Waals surface area contributed by atoms with Crippen molar-refractivity contribution in [2.24, 2.45) is 5.92 Å². The number of rotatable bonds is 7. The van der Waals surface area contributed by atoms with Crippen molar-refractivity contribution in [1.82, 2.24) is 4.72 Å². The van der Waals surface area contributed by atoms with Gasteiger partial charge in [-0.3, -0.25) is 4.79 Å². The summed E-state index contributed by atoms with van der Waals surface area (Å²) in [5.74, 6) is -0.532. The summed E-state index contributed by atoms with van der Waals surface area (Å²) in [7, 11) is -3.55. The van der Waals surface area contributed by atoms with E-state index in [-0.39, 0.29) is 17.4 Å². The highest BCUT2D eigenvalue weighted by Crippen LogP contribution is 2.13. The fourth-order valence-electron chi connectivity index (χ4n) is 2.05. The second-order valence-electron chi connectivity index (χ2n) is 5.37. The second-order valence-corrected chi connectivity index (χ2v) is 7.08. The quantitative estimate of drug-likeness (QED) is 0.807. The van der Waals surface area contributed by atoms with Gasteiger partial charge in [-0.1, -0.05) is 26.0 Å². The van der Waals surface area contributed by atoms with Gasteiger partial charge in [-0.15, -0.1) is 0 Å². The molecule has 0 aromatic heterocycles. The lowest BCUT2D eigenvalue weighted by Gasteiger charge is -2.16. The Morgan fingerprint density at radius 2 is 1.75 bits per heavy atom. The molecule has 1 rings (SSSR count). The van der Waals surface area contributed by atoms with Crippen LogP contribution in [0.5, 0.6) is 0 Å². The first-order valence-corrected chi connectivity index (χ1v) is 8.02. The number of hydrogen-bond acceptors (Lipinski definition) is 3. The Kier molecular flexibility index (Phi) is 5.71. The van der Waals surface area contributed by atoms with Gasteiger partial charge >= 0.3 is 5.97 Å². The van der Waals surface area contributed by atoms with Crippen LogP contribution in [-0.2, 0) is 21.2 Å². The van der Waals surface area contributed by atoms with Crippen molar-refractivity contribution in [1.29, 1.82) is 0 Å². The molecule has 1 unspecified atom stereocenters. The molecular weight excluding hydrogens is 278 g/mol. The Morgan fingerprint density at radius 3 is 2.20 bits per heavy atom. The molecule has 1 aromatic rings. The van der Waals surface area contributed by atoms with Gasteiger partial charge in [-0.05, 0) is 37.0 Å². The van der Waals surface area contributed by atoms with E-state index in [0.717, 1.165) is 6.42 Å². The van der Waals surface area contributed by atoms with Crippen LogP contribution in [0.3, 0.4) is 0 Å². The molecule has 0 aliphatic rings. The van der Waals surface area contributed by atoms with Gasteiger partial charge < -0.3 is 5.11 Å². The molecule has 0 aliphatic carbocycles. The topological polar surface area (TPSA) is 83.5 Å². The van der Waals surface area contributed by atoms with E-state index in [4.69, 9.17) is 5.11 Å². The number of benzene rings is 1. The average Bonchev–Trinajstić information content (AvgIpc) is 2.26. The minimum Gasteiger partial charge on any atom is -0.481 e. The molecule has 20 heavy (non-hydrogen) atoms. The first kappa shape index (κ1) is 16.7. The number of sulfonamides is 1. The van der Waals surface area contributed by atoms with Gasteiger partial charge in [0.1, 0.15) is 0 Å². The van der Waals surface area contributed by atoms with E-state index in [0.29, 0.717) is 11.5 Å². The summed E-state index contributed by atoms with van der Waals surface area (Å²) >= 11 is 0. The highest BCUT2D eigenvalue weighted by Gasteiger charge is 2.18. The van der Waals surface area contributed by atoms with E-state index in [1.165, 1.54) is 24.3 Å². The lowest BCUT2D eigenvalue weighted by atomic mass is 10.1. The van der Waals surface area contributed by atoms with Crippen molar-refractivity contribution in [3.05, 3.63) is 29.8 Å². The zero-order valence-electron chi connectivity index (χ0n) is 12.0. The maximum Gasteiger partial charge on any atom is 0.307 e. The summed E-state index contributed by atoms with van der Waals surface area (Å²) in [6.45, 7) is 5.90. The van der Waals surface area contributed by atoms with Gasteiger partial charge in [0.2, 0.25) is 10.0 Å². The third-order valence-electron chi connectivity index (χ3n) is 2.77. The zero-order chi connectivity index (χ0) is 15.3. The molecule has 112 valence electrons. The fraction of sp³-hybridized carbons (Fsp3) is 0.500. The first-order valence-electron chi connectivity index (χ1n) is 6.54. The monoisotopic (exact) mass is 299 g/mol. The van der Waals surface area contributed by atoms with Crippen LogP contribution in [0, 0.1) is 5.92 Å². The molecule has 1 aromatic carbocycles. The number of aliphatic carboxylic acids is 1. The van der Waals surface area contributed by atoms with Crippen molar-refractivity contribution >= 4 is 16.0 Å². The predicted octanol–water partition coefficient (Wildman–Crippen LogP) is 2.03. The third-order valence-corrected chi connectivity index (χ3v) is 4.38. The van der Waals surface area contributed by atoms with E-state index < -0.39 is 16.0 Å². The van der Waals surface area contributed by atoms with Crippen LogP contribution in [0.1, 0.15) is 32.8 Å². The first-order chi connectivity index (χ1) is 9.20. The largest absolute Gasteiger partial charge is 0.481 e. The van der Waals surface area contributed by atoms with Gasteiger partial charge in [-0.25, -0.2) is 13.1 Å². The zero-order valence-corrected chi connectivity index (χ0v) is 12.8. The highest BCUT2D eigenvalue weighted by molar-refractivity contribution is 7.89. The Bertz CT molecular complexity index is 549. The van der Waals surface area contributed by atoms with Crippen LogP contribution in [0.25, 0.3) is 0 Å². The lowest BCUT2D eigenvalue weighted by Crippen LogP contribution is -2.33. The molecule has 0 amide bonds. The number of carboxylic acids is 1. The molecule has 0 heterocycles. The van der Waals surface area contributed by atoms with Crippen LogP contribution in [0.4, 0.5) is 0 Å². The summed E-state index contributed by atoms with van der Waals surface area (Å²) < 4.78 is 26.9. The summed E-state index contributed by atoms with van der Waals surface area (Å²) in [4.78, 5) is 10.7. The van der Waals surface area contributed by atoms with Crippen molar-refractivity contribution in [2.75, 3.05) is 0 Å². The number of nitrogens with one attached hydrogen (secondary N) is 1. The van der Waals surface area contributed by atoms with Gasteiger partial charge in [0.05, 0.1) is 11.3 Å². The van der Waals surface area contributed by atoms with Crippen LogP contribution in [0.2, 0.25) is 0 Å². The van der Waals surface area contributed by atoms with Crippen molar-refractivity contribution in [3.63, 3.8) is 0 Å². The minimum atomic E-state index is -3.55. The van der Waals surface area contributed by atoms with Gasteiger partial charge in [-0.2, -0.15) is 0 Å². The molecule has 0 spiro atoms. The Hall–Kier alpha value is -1.40. The van der Waals surface area contributed by atoms with Crippen LogP contribution < -0.4 is 4.72 Å². The predicted molar refractivity (Wildman–Crippen MR) is 77.0 cm³/mol. The van der Waals surface area contributed by atoms with E-state index in [9.17, 15) is 13.2 Å². The van der Waals surface area contributed by atoms with Gasteiger partial charge in [0, 0.05) is 6.04 Å².